The summed E-state index contributed by atoms with van der Waals surface area (Å²) in [5.74, 6) is -0.121. The summed E-state index contributed by atoms with van der Waals surface area (Å²) >= 11 is 5.84. The van der Waals surface area contributed by atoms with E-state index in [9.17, 15) is 20.0 Å². The van der Waals surface area contributed by atoms with Gasteiger partial charge >= 0.3 is 0 Å². The minimum absolute atomic E-state index is 0.0196. The molecule has 0 aromatic heterocycles. The molecule has 2 aromatic carbocycles. The van der Waals surface area contributed by atoms with Crippen molar-refractivity contribution in [1.29, 1.82) is 0 Å². The first-order valence-corrected chi connectivity index (χ1v) is 9.25. The van der Waals surface area contributed by atoms with Gasteiger partial charge in [-0.2, -0.15) is 0 Å². The Hall–Kier alpha value is -2.68. The summed E-state index contributed by atoms with van der Waals surface area (Å²) in [5.41, 5.74) is 1.84. The standard InChI is InChI=1S/C19H21ClN4O4/c20-15-2-4-16(5-3-15)21-19(26)12-22-7-9-23(10-8-22)18-11-14(13-25)1-6-17(18)24(27)28/h1-6,11,25H,7-10,12-13H2,(H,21,26). The largest absolute Gasteiger partial charge is 0.392 e. The highest BCUT2D eigenvalue weighted by molar-refractivity contribution is 6.30. The number of nitrogens with one attached hydrogen (secondary N) is 1. The Kier molecular flexibility index (Phi) is 6.45. The van der Waals surface area contributed by atoms with Gasteiger partial charge in [-0.3, -0.25) is 19.8 Å². The zero-order chi connectivity index (χ0) is 20.1. The monoisotopic (exact) mass is 404 g/mol. The first-order chi connectivity index (χ1) is 13.5. The molecule has 8 nitrogen and oxygen atoms in total. The summed E-state index contributed by atoms with van der Waals surface area (Å²) in [6.07, 6.45) is 0. The summed E-state index contributed by atoms with van der Waals surface area (Å²) in [4.78, 5) is 27.1. The van der Waals surface area contributed by atoms with Crippen molar-refractivity contribution in [3.63, 3.8) is 0 Å². The number of benzene rings is 2. The van der Waals surface area contributed by atoms with Crippen molar-refractivity contribution in [1.82, 2.24) is 4.90 Å². The van der Waals surface area contributed by atoms with Crippen LogP contribution in [-0.4, -0.2) is 53.6 Å². The fourth-order valence-electron chi connectivity index (χ4n) is 3.16. The molecule has 1 heterocycles. The van der Waals surface area contributed by atoms with Gasteiger partial charge in [0.1, 0.15) is 5.69 Å². The summed E-state index contributed by atoms with van der Waals surface area (Å²) in [6, 6.07) is 11.5. The van der Waals surface area contributed by atoms with Crippen molar-refractivity contribution >= 4 is 34.6 Å². The number of nitro groups is 1. The molecule has 0 unspecified atom stereocenters. The van der Waals surface area contributed by atoms with Gasteiger partial charge in [-0.1, -0.05) is 11.6 Å². The van der Waals surface area contributed by atoms with E-state index in [1.54, 1.807) is 36.4 Å². The fourth-order valence-corrected chi connectivity index (χ4v) is 3.28. The average Bonchev–Trinajstić information content (AvgIpc) is 2.69. The second kappa shape index (κ2) is 9.01. The number of halogens is 1. The highest BCUT2D eigenvalue weighted by Gasteiger charge is 2.25. The van der Waals surface area contributed by atoms with E-state index < -0.39 is 4.92 Å². The molecule has 9 heteroatoms. The van der Waals surface area contributed by atoms with E-state index in [4.69, 9.17) is 11.6 Å². The first kappa shape index (κ1) is 20.1. The molecule has 1 saturated heterocycles. The van der Waals surface area contributed by atoms with E-state index >= 15 is 0 Å². The molecular formula is C19H21ClN4O4. The Morgan fingerprint density at radius 2 is 1.82 bits per heavy atom. The second-order valence-corrected chi connectivity index (χ2v) is 6.99. The maximum atomic E-state index is 12.2. The van der Waals surface area contributed by atoms with Crippen molar-refractivity contribution in [2.24, 2.45) is 0 Å². The van der Waals surface area contributed by atoms with E-state index in [1.807, 2.05) is 9.80 Å². The van der Waals surface area contributed by atoms with Crippen LogP contribution in [0.3, 0.4) is 0 Å². The van der Waals surface area contributed by atoms with Crippen molar-refractivity contribution in [3.05, 3.63) is 63.2 Å². The summed E-state index contributed by atoms with van der Waals surface area (Å²) in [7, 11) is 0. The predicted molar refractivity (Wildman–Crippen MR) is 108 cm³/mol. The number of nitrogens with zero attached hydrogens (tertiary/aromatic N) is 3. The minimum atomic E-state index is -0.414. The van der Waals surface area contributed by atoms with Crippen LogP contribution in [0.2, 0.25) is 5.02 Å². The molecule has 0 aliphatic carbocycles. The molecule has 2 aromatic rings. The van der Waals surface area contributed by atoms with Crippen LogP contribution in [0.4, 0.5) is 17.1 Å². The zero-order valence-corrected chi connectivity index (χ0v) is 15.9. The zero-order valence-electron chi connectivity index (χ0n) is 15.2. The molecule has 148 valence electrons. The summed E-state index contributed by atoms with van der Waals surface area (Å²) in [6.45, 7) is 2.40. The highest BCUT2D eigenvalue weighted by Crippen LogP contribution is 2.30. The van der Waals surface area contributed by atoms with Crippen LogP contribution in [0.5, 0.6) is 0 Å². The van der Waals surface area contributed by atoms with Crippen molar-refractivity contribution < 1.29 is 14.8 Å². The van der Waals surface area contributed by atoms with Gasteiger partial charge in [-0.15, -0.1) is 0 Å². The number of carbonyl (C=O) groups excluding carboxylic acids is 1. The lowest BCUT2D eigenvalue weighted by Crippen LogP contribution is -2.48. The maximum absolute atomic E-state index is 12.2. The molecular weight excluding hydrogens is 384 g/mol. The third-order valence-corrected chi connectivity index (χ3v) is 4.88. The van der Waals surface area contributed by atoms with Crippen molar-refractivity contribution in [2.75, 3.05) is 42.9 Å². The van der Waals surface area contributed by atoms with Crippen LogP contribution < -0.4 is 10.2 Å². The number of anilines is 2. The van der Waals surface area contributed by atoms with Gasteiger partial charge in [0.25, 0.3) is 5.69 Å². The number of amides is 1. The topological polar surface area (TPSA) is 99.0 Å². The predicted octanol–water partition coefficient (Wildman–Crippen LogP) is 2.50. The van der Waals surface area contributed by atoms with Gasteiger partial charge in [-0.05, 0) is 42.0 Å². The number of hydrogen-bond donors (Lipinski definition) is 2. The molecule has 0 saturated carbocycles. The highest BCUT2D eigenvalue weighted by atomic mass is 35.5. The van der Waals surface area contributed by atoms with Gasteiger partial charge in [0, 0.05) is 43.0 Å². The van der Waals surface area contributed by atoms with Crippen LogP contribution >= 0.6 is 11.6 Å². The minimum Gasteiger partial charge on any atom is -0.392 e. The third-order valence-electron chi connectivity index (χ3n) is 4.63. The number of carbonyl (C=O) groups is 1. The maximum Gasteiger partial charge on any atom is 0.292 e. The average molecular weight is 405 g/mol. The van der Waals surface area contributed by atoms with Gasteiger partial charge in [0.15, 0.2) is 0 Å². The molecule has 0 bridgehead atoms. The van der Waals surface area contributed by atoms with Crippen molar-refractivity contribution in [2.45, 2.75) is 6.61 Å². The fraction of sp³-hybridized carbons (Fsp3) is 0.316. The summed E-state index contributed by atoms with van der Waals surface area (Å²) < 4.78 is 0. The number of hydrogen-bond acceptors (Lipinski definition) is 6. The van der Waals surface area contributed by atoms with E-state index in [2.05, 4.69) is 5.32 Å². The lowest BCUT2D eigenvalue weighted by molar-refractivity contribution is -0.384. The Morgan fingerprint density at radius 3 is 2.43 bits per heavy atom. The van der Waals surface area contributed by atoms with E-state index in [1.165, 1.54) is 6.07 Å². The van der Waals surface area contributed by atoms with Crippen LogP contribution in [0.1, 0.15) is 5.56 Å². The number of aliphatic hydroxyl groups excluding tert-OH is 1. The molecule has 1 aliphatic heterocycles. The molecule has 1 fully saturated rings. The number of aliphatic hydroxyl groups is 1. The Morgan fingerprint density at radius 1 is 1.14 bits per heavy atom. The first-order valence-electron chi connectivity index (χ1n) is 8.87. The van der Waals surface area contributed by atoms with E-state index in [0.29, 0.717) is 48.1 Å². The lowest BCUT2D eigenvalue weighted by atomic mass is 10.1. The Labute approximate surface area is 167 Å². The van der Waals surface area contributed by atoms with Gasteiger partial charge in [0.2, 0.25) is 5.91 Å². The molecule has 0 radical (unpaired) electrons. The molecule has 28 heavy (non-hydrogen) atoms. The smallest absolute Gasteiger partial charge is 0.292 e. The van der Waals surface area contributed by atoms with Gasteiger partial charge in [-0.25, -0.2) is 0 Å². The lowest BCUT2D eigenvalue weighted by Gasteiger charge is -2.35. The Balaban J connectivity index is 1.58. The van der Waals surface area contributed by atoms with Crippen LogP contribution in [-0.2, 0) is 11.4 Å². The van der Waals surface area contributed by atoms with E-state index in [0.717, 1.165) is 0 Å². The summed E-state index contributed by atoms with van der Waals surface area (Å²) in [5, 5.41) is 24.1. The molecule has 3 rings (SSSR count). The second-order valence-electron chi connectivity index (χ2n) is 6.56. The molecule has 1 amide bonds. The normalized spacial score (nSPS) is 14.7. The SMILES string of the molecule is O=C(CN1CCN(c2cc(CO)ccc2[N+](=O)[O-])CC1)Nc1ccc(Cl)cc1. The third kappa shape index (κ3) is 4.98. The Bertz CT molecular complexity index is 852. The molecule has 0 spiro atoms. The van der Waals surface area contributed by atoms with Crippen LogP contribution in [0.15, 0.2) is 42.5 Å². The molecule has 0 atom stereocenters. The number of piperazine rings is 1. The quantitative estimate of drug-likeness (QED) is 0.567. The molecule has 1 aliphatic rings. The molecule has 2 N–H and O–H groups in total. The van der Waals surface area contributed by atoms with E-state index in [-0.39, 0.29) is 24.7 Å². The number of rotatable bonds is 6. The van der Waals surface area contributed by atoms with Crippen LogP contribution in [0.25, 0.3) is 0 Å². The van der Waals surface area contributed by atoms with Gasteiger partial charge in [0.05, 0.1) is 18.1 Å². The number of nitro benzene ring substituents is 1. The van der Waals surface area contributed by atoms with Gasteiger partial charge < -0.3 is 15.3 Å². The van der Waals surface area contributed by atoms with Crippen LogP contribution in [0, 0.1) is 10.1 Å². The van der Waals surface area contributed by atoms with Crippen molar-refractivity contribution in [3.8, 4) is 0 Å².